The summed E-state index contributed by atoms with van der Waals surface area (Å²) >= 11 is 0. The molecule has 46 heavy (non-hydrogen) atoms. The second kappa shape index (κ2) is 13.2. The number of nitrogens with one attached hydrogen (secondary N) is 8. The largest absolute Gasteiger partial charge is 0.338 e. The number of fused-ring (bicyclic) bond motifs is 20. The average Bonchev–Trinajstić information content (AvgIpc) is 3.92. The molecule has 8 unspecified atom stereocenters. The van der Waals surface area contributed by atoms with Crippen molar-refractivity contribution in [1.82, 2.24) is 52.2 Å². The van der Waals surface area contributed by atoms with E-state index in [2.05, 4.69) is 47.5 Å². The predicted molar refractivity (Wildman–Crippen MR) is 180 cm³/mol. The van der Waals surface area contributed by atoms with Crippen LogP contribution in [0, 0.1) is 47.3 Å². The molecule has 1 aromatic heterocycles. The van der Waals surface area contributed by atoms with Crippen LogP contribution in [0.5, 0.6) is 0 Å². The third-order valence-corrected chi connectivity index (χ3v) is 14.3. The molecular formula is C35H61N11. The van der Waals surface area contributed by atoms with Gasteiger partial charge < -0.3 is 5.84 Å². The van der Waals surface area contributed by atoms with Gasteiger partial charge in [0.2, 0.25) is 0 Å². The van der Waals surface area contributed by atoms with E-state index in [1.54, 1.807) is 12.4 Å². The number of nitrogens with zero attached hydrogens (tertiary/aromatic N) is 2. The minimum Gasteiger partial charge on any atom is -0.338 e. The molecule has 10 N–H and O–H groups in total. The Balaban J connectivity index is 0.000000440. The molecular weight excluding hydrogens is 574 g/mol. The summed E-state index contributed by atoms with van der Waals surface area (Å²) in [6.45, 7) is 0. The molecule has 256 valence electrons. The van der Waals surface area contributed by atoms with Crippen LogP contribution in [-0.2, 0) is 0 Å². The predicted octanol–water partition coefficient (Wildman–Crippen LogP) is 2.20. The Labute approximate surface area is 275 Å². The van der Waals surface area contributed by atoms with Gasteiger partial charge in [-0.25, -0.2) is 4.98 Å². The van der Waals surface area contributed by atoms with Gasteiger partial charge in [-0.05, 0) is 98.7 Å². The summed E-state index contributed by atoms with van der Waals surface area (Å²) in [5.41, 5.74) is 0. The number of nitrogen functional groups attached to an aromatic ring is 1. The smallest absolute Gasteiger partial charge is 0.114 e. The van der Waals surface area contributed by atoms with Crippen LogP contribution in [0.4, 0.5) is 0 Å². The average molecular weight is 636 g/mol. The van der Waals surface area contributed by atoms with Crippen LogP contribution in [0.15, 0.2) is 18.7 Å². The number of aromatic nitrogens is 2. The summed E-state index contributed by atoms with van der Waals surface area (Å²) in [6.07, 6.45) is 30.4. The van der Waals surface area contributed by atoms with Crippen molar-refractivity contribution < 1.29 is 0 Å². The van der Waals surface area contributed by atoms with Crippen LogP contribution >= 0.6 is 0 Å². The summed E-state index contributed by atoms with van der Waals surface area (Å²) in [6, 6.07) is 0. The molecule has 4 saturated carbocycles. The highest BCUT2D eigenvalue weighted by molar-refractivity contribution is 5.08. The third-order valence-electron chi connectivity index (χ3n) is 14.3. The molecule has 0 spiro atoms. The summed E-state index contributed by atoms with van der Waals surface area (Å²) in [5, 5.41) is 33.8. The lowest BCUT2D eigenvalue weighted by atomic mass is 9.76. The summed E-state index contributed by atoms with van der Waals surface area (Å²) < 4.78 is 1.39. The van der Waals surface area contributed by atoms with E-state index in [0.29, 0.717) is 49.3 Å². The summed E-state index contributed by atoms with van der Waals surface area (Å²) in [4.78, 5) is 3.66. The highest BCUT2D eigenvalue weighted by atomic mass is 15.4. The molecule has 4 aliphatic carbocycles. The van der Waals surface area contributed by atoms with E-state index in [-0.39, 0.29) is 0 Å². The van der Waals surface area contributed by atoms with Gasteiger partial charge in [0, 0.05) is 12.4 Å². The molecule has 11 heteroatoms. The topological polar surface area (TPSA) is 140 Å². The van der Waals surface area contributed by atoms with Crippen LogP contribution in [0.2, 0.25) is 0 Å². The molecule has 9 fully saturated rings. The molecule has 6 heterocycles. The highest BCUT2D eigenvalue weighted by Crippen LogP contribution is 2.45. The molecule has 9 aliphatic rings. The van der Waals surface area contributed by atoms with Crippen molar-refractivity contribution >= 4 is 0 Å². The van der Waals surface area contributed by atoms with Crippen LogP contribution in [0.1, 0.15) is 103 Å². The Hall–Kier alpha value is -1.31. The normalized spacial score (nSPS) is 51.2. The van der Waals surface area contributed by atoms with Gasteiger partial charge >= 0.3 is 0 Å². The van der Waals surface area contributed by atoms with Gasteiger partial charge in [-0.15, -0.1) is 0 Å². The van der Waals surface area contributed by atoms with E-state index in [1.807, 2.05) is 0 Å². The number of hydrogen-bond acceptors (Lipinski definition) is 10. The standard InChI is InChI=1S/C32H56N8.C3H5N3/c1-2-10-18-17(9-1)25-33-26(18)38-28-21-13-5-6-14-22(21)30(35-28)40-32-24-16-8-7-15-23(24)31(36-32)39-29-20-12-4-3-11-19(20)27(34-29)37-25;4-6-2-1-5-3-6/h17-40H,1-16H2;1-3H,4H2. The zero-order valence-corrected chi connectivity index (χ0v) is 27.8. The molecule has 8 bridgehead atoms. The number of nitrogens with two attached hydrogens (primary N) is 1. The Morgan fingerprint density at radius 3 is 0.739 bits per heavy atom. The van der Waals surface area contributed by atoms with Crippen molar-refractivity contribution in [2.75, 3.05) is 5.84 Å². The first-order valence-corrected chi connectivity index (χ1v) is 19.5. The Morgan fingerprint density at radius 1 is 0.391 bits per heavy atom. The summed E-state index contributed by atoms with van der Waals surface area (Å²) in [5.74, 6) is 11.1. The molecule has 11 nitrogen and oxygen atoms in total. The lowest BCUT2D eigenvalue weighted by Crippen LogP contribution is -2.61. The van der Waals surface area contributed by atoms with Crippen LogP contribution in [0.25, 0.3) is 0 Å². The molecule has 5 aliphatic heterocycles. The lowest BCUT2D eigenvalue weighted by molar-refractivity contribution is 0.167. The monoisotopic (exact) mass is 636 g/mol. The van der Waals surface area contributed by atoms with Crippen molar-refractivity contribution in [1.29, 1.82) is 0 Å². The highest BCUT2D eigenvalue weighted by Gasteiger charge is 2.54. The van der Waals surface area contributed by atoms with E-state index in [9.17, 15) is 0 Å². The molecule has 1 aromatic rings. The summed E-state index contributed by atoms with van der Waals surface area (Å²) in [7, 11) is 0. The maximum absolute atomic E-state index is 5.13. The van der Waals surface area contributed by atoms with E-state index < -0.39 is 0 Å². The Kier molecular flexibility index (Phi) is 8.81. The van der Waals surface area contributed by atoms with Gasteiger partial charge in [0.1, 0.15) is 6.33 Å². The molecule has 0 amide bonds. The van der Waals surface area contributed by atoms with Crippen LogP contribution in [-0.4, -0.2) is 59.0 Å². The van der Waals surface area contributed by atoms with Gasteiger partial charge in [0.25, 0.3) is 0 Å². The van der Waals surface area contributed by atoms with Gasteiger partial charge in [0.15, 0.2) is 0 Å². The minimum atomic E-state index is 0.420. The quantitative estimate of drug-likeness (QED) is 0.195. The number of rotatable bonds is 0. The molecule has 0 radical (unpaired) electrons. The SMILES string of the molecule is C1CCC2C3NC(NC4NC(NC5NC(NC6NC(N3)C3CCCCC63)C3CCCCC53)C3CCCCC43)C2C1.Nn1ccnc1. The number of imidazole rings is 1. The fourth-order valence-electron chi connectivity index (χ4n) is 12.2. The lowest BCUT2D eigenvalue weighted by Gasteiger charge is -2.35. The first-order valence-electron chi connectivity index (χ1n) is 19.5. The van der Waals surface area contributed by atoms with E-state index in [1.165, 1.54) is 114 Å². The molecule has 8 atom stereocenters. The molecule has 10 rings (SSSR count). The first kappa shape index (κ1) is 30.7. The van der Waals surface area contributed by atoms with E-state index in [4.69, 9.17) is 5.84 Å². The maximum Gasteiger partial charge on any atom is 0.114 e. The van der Waals surface area contributed by atoms with Crippen molar-refractivity contribution in [2.45, 2.75) is 152 Å². The Bertz CT molecular complexity index is 942. The van der Waals surface area contributed by atoms with Crippen LogP contribution in [0.3, 0.4) is 0 Å². The van der Waals surface area contributed by atoms with Gasteiger partial charge in [-0.1, -0.05) is 51.4 Å². The first-order chi connectivity index (χ1) is 22.7. The second-order valence-electron chi connectivity index (χ2n) is 16.6. The van der Waals surface area contributed by atoms with Crippen LogP contribution < -0.4 is 48.4 Å². The fraction of sp³-hybridized carbons (Fsp3) is 0.914. The second-order valence-corrected chi connectivity index (χ2v) is 16.6. The zero-order valence-electron chi connectivity index (χ0n) is 27.8. The van der Waals surface area contributed by atoms with Gasteiger partial charge in [0.05, 0.1) is 49.3 Å². The fourth-order valence-corrected chi connectivity index (χ4v) is 12.2. The zero-order chi connectivity index (χ0) is 30.6. The van der Waals surface area contributed by atoms with Gasteiger partial charge in [-0.3, -0.25) is 47.2 Å². The van der Waals surface area contributed by atoms with E-state index in [0.717, 1.165) is 47.3 Å². The number of hydrogen-bond donors (Lipinski definition) is 9. The van der Waals surface area contributed by atoms with Crippen molar-refractivity contribution in [3.63, 3.8) is 0 Å². The molecule has 0 aromatic carbocycles. The third kappa shape index (κ3) is 5.74. The minimum absolute atomic E-state index is 0.420. The van der Waals surface area contributed by atoms with Gasteiger partial charge in [-0.2, -0.15) is 0 Å². The molecule has 5 saturated heterocycles. The van der Waals surface area contributed by atoms with Crippen molar-refractivity contribution in [2.24, 2.45) is 47.3 Å². The Morgan fingerprint density at radius 2 is 0.609 bits per heavy atom. The maximum atomic E-state index is 5.13. The van der Waals surface area contributed by atoms with Crippen molar-refractivity contribution in [3.05, 3.63) is 18.7 Å². The van der Waals surface area contributed by atoms with Crippen molar-refractivity contribution in [3.8, 4) is 0 Å². The van der Waals surface area contributed by atoms with E-state index >= 15 is 0 Å².